The molecule has 3 aromatic rings. The second kappa shape index (κ2) is 5.53. The zero-order valence-corrected chi connectivity index (χ0v) is 12.5. The topological polar surface area (TPSA) is 76.8 Å². The molecule has 7 heteroatoms. The van der Waals surface area contributed by atoms with Gasteiger partial charge in [0.15, 0.2) is 10.6 Å². The van der Waals surface area contributed by atoms with Crippen LogP contribution in [0.3, 0.4) is 0 Å². The highest BCUT2D eigenvalue weighted by Crippen LogP contribution is 2.26. The molecule has 1 heterocycles. The Hall–Kier alpha value is -2.80. The maximum Gasteiger partial charge on any atom is 0.270 e. The van der Waals surface area contributed by atoms with E-state index in [1.807, 2.05) is 31.2 Å². The average molecular weight is 312 g/mol. The lowest BCUT2D eigenvalue weighted by Gasteiger charge is -2.09. The fraction of sp³-hybridized carbons (Fsp3) is 0.0667. The number of nitro benzene ring substituents is 1. The number of aryl methyl sites for hydroxylation is 1. The monoisotopic (exact) mass is 312 g/mol. The molecule has 110 valence electrons. The molecule has 3 rings (SSSR count). The molecule has 0 fully saturated rings. The summed E-state index contributed by atoms with van der Waals surface area (Å²) < 4.78 is 2.22. The van der Waals surface area contributed by atoms with Gasteiger partial charge in [-0.25, -0.2) is 0 Å². The minimum Gasteiger partial charge on any atom is -0.268 e. The van der Waals surface area contributed by atoms with Crippen molar-refractivity contribution in [2.24, 2.45) is 0 Å². The van der Waals surface area contributed by atoms with Gasteiger partial charge in [-0.3, -0.25) is 19.8 Å². The van der Waals surface area contributed by atoms with Gasteiger partial charge in [0.1, 0.15) is 0 Å². The standard InChI is InChI=1S/C15H12N4O2S/c1-10-5-2-3-8-13(10)18-14(16-17-15(18)22)11-6-4-7-12(9-11)19(20)21/h2-9H,1H3,(H,17,22). The van der Waals surface area contributed by atoms with Crippen LogP contribution >= 0.6 is 12.2 Å². The van der Waals surface area contributed by atoms with Crippen LogP contribution in [-0.2, 0) is 0 Å². The Morgan fingerprint density at radius 3 is 2.73 bits per heavy atom. The third kappa shape index (κ3) is 2.42. The summed E-state index contributed by atoms with van der Waals surface area (Å²) >= 11 is 5.31. The lowest BCUT2D eigenvalue weighted by molar-refractivity contribution is -0.384. The summed E-state index contributed by atoms with van der Waals surface area (Å²) in [7, 11) is 0. The summed E-state index contributed by atoms with van der Waals surface area (Å²) in [6.07, 6.45) is 0. The van der Waals surface area contributed by atoms with Crippen molar-refractivity contribution in [2.75, 3.05) is 0 Å². The van der Waals surface area contributed by atoms with E-state index in [9.17, 15) is 10.1 Å². The molecular weight excluding hydrogens is 300 g/mol. The van der Waals surface area contributed by atoms with Gasteiger partial charge < -0.3 is 0 Å². The Morgan fingerprint density at radius 1 is 1.23 bits per heavy atom. The minimum atomic E-state index is -0.428. The van der Waals surface area contributed by atoms with E-state index in [1.54, 1.807) is 16.7 Å². The van der Waals surface area contributed by atoms with Crippen molar-refractivity contribution in [3.05, 3.63) is 69.0 Å². The number of H-pyrrole nitrogens is 1. The van der Waals surface area contributed by atoms with E-state index >= 15 is 0 Å². The molecule has 0 unspecified atom stereocenters. The lowest BCUT2D eigenvalue weighted by Crippen LogP contribution is -2.00. The van der Waals surface area contributed by atoms with Crippen molar-refractivity contribution < 1.29 is 4.92 Å². The highest BCUT2D eigenvalue weighted by Gasteiger charge is 2.15. The number of benzene rings is 2. The van der Waals surface area contributed by atoms with Gasteiger partial charge in [-0.1, -0.05) is 30.3 Å². The molecule has 6 nitrogen and oxygen atoms in total. The number of nitrogens with one attached hydrogen (secondary N) is 1. The Morgan fingerprint density at radius 2 is 2.00 bits per heavy atom. The highest BCUT2D eigenvalue weighted by atomic mass is 32.1. The molecule has 0 aliphatic rings. The predicted octanol–water partition coefficient (Wildman–Crippen LogP) is 3.81. The number of hydrogen-bond acceptors (Lipinski definition) is 4. The van der Waals surface area contributed by atoms with E-state index in [4.69, 9.17) is 12.2 Å². The Bertz CT molecular complexity index is 914. The zero-order valence-electron chi connectivity index (χ0n) is 11.7. The molecule has 1 N–H and O–H groups in total. The van der Waals surface area contributed by atoms with Crippen LogP contribution in [-0.4, -0.2) is 19.7 Å². The predicted molar refractivity (Wildman–Crippen MR) is 85.6 cm³/mol. The first-order valence-electron chi connectivity index (χ1n) is 6.56. The van der Waals surface area contributed by atoms with E-state index in [0.29, 0.717) is 16.2 Å². The lowest BCUT2D eigenvalue weighted by atomic mass is 10.1. The maximum atomic E-state index is 10.9. The van der Waals surface area contributed by atoms with Gasteiger partial charge in [-0.2, -0.15) is 5.10 Å². The van der Waals surface area contributed by atoms with Gasteiger partial charge in [0.2, 0.25) is 0 Å². The Kier molecular flexibility index (Phi) is 3.56. The molecule has 0 saturated carbocycles. The van der Waals surface area contributed by atoms with Gasteiger partial charge in [0, 0.05) is 17.7 Å². The second-order valence-corrected chi connectivity index (χ2v) is 5.17. The fourth-order valence-corrected chi connectivity index (χ4v) is 2.52. The molecule has 0 aliphatic carbocycles. The molecule has 1 aromatic heterocycles. The average Bonchev–Trinajstić information content (AvgIpc) is 2.89. The van der Waals surface area contributed by atoms with Crippen molar-refractivity contribution in [3.8, 4) is 17.1 Å². The number of nitro groups is 1. The van der Waals surface area contributed by atoms with Crippen molar-refractivity contribution in [1.29, 1.82) is 0 Å². The third-order valence-electron chi connectivity index (χ3n) is 3.34. The van der Waals surface area contributed by atoms with Crippen LogP contribution in [0.2, 0.25) is 0 Å². The van der Waals surface area contributed by atoms with Crippen LogP contribution in [0.15, 0.2) is 48.5 Å². The first kappa shape index (κ1) is 14.2. The number of aromatic amines is 1. The fourth-order valence-electron chi connectivity index (χ4n) is 2.29. The quantitative estimate of drug-likeness (QED) is 0.453. The number of hydrogen-bond donors (Lipinski definition) is 1. The van der Waals surface area contributed by atoms with Crippen LogP contribution in [0, 0.1) is 21.8 Å². The smallest absolute Gasteiger partial charge is 0.268 e. The summed E-state index contributed by atoms with van der Waals surface area (Å²) in [5.74, 6) is 0.544. The largest absolute Gasteiger partial charge is 0.270 e. The molecule has 0 amide bonds. The molecule has 0 atom stereocenters. The van der Waals surface area contributed by atoms with Gasteiger partial charge in [0.25, 0.3) is 5.69 Å². The van der Waals surface area contributed by atoms with Gasteiger partial charge in [-0.05, 0) is 30.8 Å². The van der Waals surface area contributed by atoms with E-state index < -0.39 is 4.92 Å². The van der Waals surface area contributed by atoms with Gasteiger partial charge >= 0.3 is 0 Å². The molecular formula is C15H12N4O2S. The normalized spacial score (nSPS) is 10.6. The number of non-ortho nitro benzene ring substituents is 1. The van der Waals surface area contributed by atoms with Crippen molar-refractivity contribution >= 4 is 17.9 Å². The number of rotatable bonds is 3. The summed E-state index contributed by atoms with van der Waals surface area (Å²) in [5.41, 5.74) is 2.57. The van der Waals surface area contributed by atoms with Crippen molar-refractivity contribution in [2.45, 2.75) is 6.92 Å². The molecule has 0 aliphatic heterocycles. The maximum absolute atomic E-state index is 10.9. The zero-order chi connectivity index (χ0) is 15.7. The molecule has 0 radical (unpaired) electrons. The Balaban J connectivity index is 2.23. The van der Waals surface area contributed by atoms with Crippen LogP contribution < -0.4 is 0 Å². The van der Waals surface area contributed by atoms with Crippen LogP contribution in [0.25, 0.3) is 17.1 Å². The first-order valence-corrected chi connectivity index (χ1v) is 6.97. The van der Waals surface area contributed by atoms with Crippen LogP contribution in [0.4, 0.5) is 5.69 Å². The van der Waals surface area contributed by atoms with E-state index in [1.165, 1.54) is 12.1 Å². The molecule has 2 aromatic carbocycles. The SMILES string of the molecule is Cc1ccccc1-n1c(-c2cccc([N+](=O)[O-])c2)n[nH]c1=S. The summed E-state index contributed by atoms with van der Waals surface area (Å²) in [6, 6.07) is 14.1. The van der Waals surface area contributed by atoms with E-state index in [2.05, 4.69) is 10.2 Å². The molecule has 0 saturated heterocycles. The number of para-hydroxylation sites is 1. The summed E-state index contributed by atoms with van der Waals surface area (Å²) in [5, 5.41) is 17.9. The van der Waals surface area contributed by atoms with Crippen molar-refractivity contribution in [3.63, 3.8) is 0 Å². The minimum absolute atomic E-state index is 0.0164. The van der Waals surface area contributed by atoms with Gasteiger partial charge in [0.05, 0.1) is 10.6 Å². The van der Waals surface area contributed by atoms with Crippen LogP contribution in [0.5, 0.6) is 0 Å². The van der Waals surface area contributed by atoms with Crippen molar-refractivity contribution in [1.82, 2.24) is 14.8 Å². The number of nitrogens with zero attached hydrogens (tertiary/aromatic N) is 3. The molecule has 0 bridgehead atoms. The van der Waals surface area contributed by atoms with E-state index in [0.717, 1.165) is 11.3 Å². The van der Waals surface area contributed by atoms with E-state index in [-0.39, 0.29) is 5.69 Å². The molecule has 0 spiro atoms. The summed E-state index contributed by atoms with van der Waals surface area (Å²) in [4.78, 5) is 10.5. The molecule has 22 heavy (non-hydrogen) atoms. The Labute approximate surface area is 131 Å². The third-order valence-corrected chi connectivity index (χ3v) is 3.62. The first-order chi connectivity index (χ1) is 10.6. The number of aromatic nitrogens is 3. The van der Waals surface area contributed by atoms with Crippen LogP contribution in [0.1, 0.15) is 5.56 Å². The van der Waals surface area contributed by atoms with Gasteiger partial charge in [-0.15, -0.1) is 0 Å². The highest BCUT2D eigenvalue weighted by molar-refractivity contribution is 7.71. The second-order valence-electron chi connectivity index (χ2n) is 4.78. The summed E-state index contributed by atoms with van der Waals surface area (Å²) in [6.45, 7) is 1.97.